The molecule has 0 aliphatic carbocycles. The number of carbonyl (C=O) groups is 1. The van der Waals surface area contributed by atoms with E-state index in [0.29, 0.717) is 18.4 Å². The molecule has 6 nitrogen and oxygen atoms in total. The molecule has 2 aromatic heterocycles. The Morgan fingerprint density at radius 2 is 1.89 bits per heavy atom. The Hall–Kier alpha value is -2.31. The van der Waals surface area contributed by atoms with Gasteiger partial charge in [-0.2, -0.15) is 0 Å². The van der Waals surface area contributed by atoms with Gasteiger partial charge in [0.2, 0.25) is 5.91 Å². The van der Waals surface area contributed by atoms with Gasteiger partial charge in [-0.1, -0.05) is 12.1 Å². The average Bonchev–Trinajstić information content (AvgIpc) is 2.91. The Morgan fingerprint density at radius 1 is 1.11 bits per heavy atom. The molecule has 4 rings (SSSR count). The van der Waals surface area contributed by atoms with Gasteiger partial charge < -0.3 is 9.64 Å². The summed E-state index contributed by atoms with van der Waals surface area (Å²) < 4.78 is 5.87. The molecule has 4 heterocycles. The Bertz CT molecular complexity index is 740. The van der Waals surface area contributed by atoms with Crippen LogP contribution in [0.4, 0.5) is 0 Å². The lowest BCUT2D eigenvalue weighted by Crippen LogP contribution is -2.52. The minimum atomic E-state index is 0.185. The normalized spacial score (nSPS) is 23.5. The van der Waals surface area contributed by atoms with Crippen molar-refractivity contribution >= 4 is 5.91 Å². The van der Waals surface area contributed by atoms with Gasteiger partial charge in [-0.15, -0.1) is 0 Å². The molecule has 1 amide bonds. The molecule has 0 saturated carbocycles. The third-order valence-electron chi connectivity index (χ3n) is 5.56. The maximum Gasteiger partial charge on any atom is 0.227 e. The highest BCUT2D eigenvalue weighted by molar-refractivity contribution is 5.78. The lowest BCUT2D eigenvalue weighted by Gasteiger charge is -2.42. The number of rotatable bonds is 4. The predicted octanol–water partition coefficient (Wildman–Crippen LogP) is 1.77. The van der Waals surface area contributed by atoms with Crippen LogP contribution in [0, 0.1) is 5.92 Å². The molecule has 0 spiro atoms. The Balaban J connectivity index is 1.40. The summed E-state index contributed by atoms with van der Waals surface area (Å²) in [4.78, 5) is 25.6. The standard InChI is InChI=1S/C21H26N4O2/c26-21(11-17-3-1-6-22-12-17)25-8-5-20-19(15-25)16-27-10-9-24(20)14-18-4-2-7-23-13-18/h1-4,6-7,12-13,19-20H,5,8-11,14-16H2/t19-,20-/m1/s1. The van der Waals surface area contributed by atoms with Gasteiger partial charge in [-0.25, -0.2) is 0 Å². The Kier molecular flexibility index (Phi) is 5.75. The van der Waals surface area contributed by atoms with Crippen LogP contribution in [0.5, 0.6) is 0 Å². The maximum absolute atomic E-state index is 12.7. The number of piperidine rings is 1. The van der Waals surface area contributed by atoms with Crippen molar-refractivity contribution in [3.05, 3.63) is 60.2 Å². The molecule has 2 aromatic rings. The predicted molar refractivity (Wildman–Crippen MR) is 102 cm³/mol. The molecular weight excluding hydrogens is 340 g/mol. The topological polar surface area (TPSA) is 58.6 Å². The first-order chi connectivity index (χ1) is 13.3. The molecule has 2 aliphatic rings. The number of ether oxygens (including phenoxy) is 1. The number of fused-ring (bicyclic) bond motifs is 1. The first-order valence-electron chi connectivity index (χ1n) is 9.67. The van der Waals surface area contributed by atoms with Crippen LogP contribution in [0.15, 0.2) is 49.1 Å². The number of carbonyl (C=O) groups excluding carboxylic acids is 1. The van der Waals surface area contributed by atoms with E-state index in [0.717, 1.165) is 51.4 Å². The molecule has 2 fully saturated rings. The van der Waals surface area contributed by atoms with E-state index < -0.39 is 0 Å². The minimum Gasteiger partial charge on any atom is -0.380 e. The van der Waals surface area contributed by atoms with Gasteiger partial charge >= 0.3 is 0 Å². The number of likely N-dealkylation sites (tertiary alicyclic amines) is 1. The quantitative estimate of drug-likeness (QED) is 0.825. The van der Waals surface area contributed by atoms with E-state index in [1.54, 1.807) is 12.4 Å². The van der Waals surface area contributed by atoms with Crippen LogP contribution in [0.2, 0.25) is 0 Å². The van der Waals surface area contributed by atoms with Crippen molar-refractivity contribution in [3.63, 3.8) is 0 Å². The van der Waals surface area contributed by atoms with E-state index in [1.807, 2.05) is 35.5 Å². The molecule has 0 unspecified atom stereocenters. The fourth-order valence-corrected chi connectivity index (χ4v) is 4.18. The van der Waals surface area contributed by atoms with Gasteiger partial charge in [0.25, 0.3) is 0 Å². The van der Waals surface area contributed by atoms with Crippen molar-refractivity contribution in [1.29, 1.82) is 0 Å². The molecule has 0 bridgehead atoms. The van der Waals surface area contributed by atoms with Crippen molar-refractivity contribution in [3.8, 4) is 0 Å². The zero-order valence-electron chi connectivity index (χ0n) is 15.5. The lowest BCUT2D eigenvalue weighted by atomic mass is 9.91. The molecule has 2 aliphatic heterocycles. The molecule has 0 N–H and O–H groups in total. The van der Waals surface area contributed by atoms with Crippen LogP contribution in [-0.2, 0) is 22.5 Å². The van der Waals surface area contributed by atoms with Crippen LogP contribution in [0.25, 0.3) is 0 Å². The SMILES string of the molecule is O=C(Cc1cccnc1)N1CC[C@@H]2[C@@H](COCCN2Cc2cccnc2)C1. The molecule has 2 saturated heterocycles. The van der Waals surface area contributed by atoms with Crippen LogP contribution in [-0.4, -0.2) is 64.6 Å². The summed E-state index contributed by atoms with van der Waals surface area (Å²) in [6.45, 7) is 4.88. The van der Waals surface area contributed by atoms with Gasteiger partial charge in [0, 0.05) is 62.9 Å². The Labute approximate surface area is 160 Å². The minimum absolute atomic E-state index is 0.185. The summed E-state index contributed by atoms with van der Waals surface area (Å²) >= 11 is 0. The maximum atomic E-state index is 12.7. The Morgan fingerprint density at radius 3 is 2.63 bits per heavy atom. The van der Waals surface area contributed by atoms with Crippen LogP contribution >= 0.6 is 0 Å². The smallest absolute Gasteiger partial charge is 0.227 e. The monoisotopic (exact) mass is 366 g/mol. The molecule has 2 atom stereocenters. The molecule has 142 valence electrons. The average molecular weight is 366 g/mol. The molecular formula is C21H26N4O2. The van der Waals surface area contributed by atoms with Crippen LogP contribution < -0.4 is 0 Å². The van der Waals surface area contributed by atoms with Crippen molar-refractivity contribution < 1.29 is 9.53 Å². The second-order valence-corrected chi connectivity index (χ2v) is 7.40. The summed E-state index contributed by atoms with van der Waals surface area (Å²) in [5, 5.41) is 0. The van der Waals surface area contributed by atoms with Crippen LogP contribution in [0.3, 0.4) is 0 Å². The highest BCUT2D eigenvalue weighted by Crippen LogP contribution is 2.26. The summed E-state index contributed by atoms with van der Waals surface area (Å²) in [6.07, 6.45) is 8.67. The van der Waals surface area contributed by atoms with Crippen molar-refractivity contribution in [1.82, 2.24) is 19.8 Å². The van der Waals surface area contributed by atoms with Crippen LogP contribution in [0.1, 0.15) is 17.5 Å². The number of nitrogens with zero attached hydrogens (tertiary/aromatic N) is 4. The fourth-order valence-electron chi connectivity index (χ4n) is 4.18. The van der Waals surface area contributed by atoms with Crippen molar-refractivity contribution in [2.75, 3.05) is 32.8 Å². The van der Waals surface area contributed by atoms with E-state index in [4.69, 9.17) is 4.74 Å². The summed E-state index contributed by atoms with van der Waals surface area (Å²) in [5.74, 6) is 0.542. The first-order valence-corrected chi connectivity index (χ1v) is 9.67. The van der Waals surface area contributed by atoms with Gasteiger partial charge in [-0.05, 0) is 29.7 Å². The van der Waals surface area contributed by atoms with E-state index >= 15 is 0 Å². The third-order valence-corrected chi connectivity index (χ3v) is 5.56. The molecule has 0 radical (unpaired) electrons. The largest absolute Gasteiger partial charge is 0.380 e. The van der Waals surface area contributed by atoms with Crippen molar-refractivity contribution in [2.24, 2.45) is 5.92 Å². The molecule has 6 heteroatoms. The number of hydrogen-bond donors (Lipinski definition) is 0. The van der Waals surface area contributed by atoms with E-state index in [1.165, 1.54) is 5.56 Å². The zero-order valence-corrected chi connectivity index (χ0v) is 15.5. The number of aromatic nitrogens is 2. The highest BCUT2D eigenvalue weighted by atomic mass is 16.5. The van der Waals surface area contributed by atoms with E-state index in [2.05, 4.69) is 20.9 Å². The third kappa shape index (κ3) is 4.51. The van der Waals surface area contributed by atoms with Gasteiger partial charge in [-0.3, -0.25) is 19.7 Å². The summed E-state index contributed by atoms with van der Waals surface area (Å²) in [5.41, 5.74) is 2.20. The molecule has 0 aromatic carbocycles. The van der Waals surface area contributed by atoms with Gasteiger partial charge in [0.05, 0.1) is 19.6 Å². The van der Waals surface area contributed by atoms with E-state index in [-0.39, 0.29) is 5.91 Å². The van der Waals surface area contributed by atoms with Gasteiger partial charge in [0.15, 0.2) is 0 Å². The first kappa shape index (κ1) is 18.1. The second kappa shape index (κ2) is 8.59. The fraction of sp³-hybridized carbons (Fsp3) is 0.476. The highest BCUT2D eigenvalue weighted by Gasteiger charge is 2.36. The lowest BCUT2D eigenvalue weighted by molar-refractivity contribution is -0.133. The summed E-state index contributed by atoms with van der Waals surface area (Å²) in [7, 11) is 0. The second-order valence-electron chi connectivity index (χ2n) is 7.40. The number of pyridine rings is 2. The van der Waals surface area contributed by atoms with Crippen molar-refractivity contribution in [2.45, 2.75) is 25.4 Å². The van der Waals surface area contributed by atoms with E-state index in [9.17, 15) is 4.79 Å². The summed E-state index contributed by atoms with van der Waals surface area (Å²) in [6, 6.07) is 8.41. The number of amides is 1. The number of hydrogen-bond acceptors (Lipinski definition) is 5. The van der Waals surface area contributed by atoms with Gasteiger partial charge in [0.1, 0.15) is 0 Å². The zero-order chi connectivity index (χ0) is 18.5. The molecule has 27 heavy (non-hydrogen) atoms.